The second kappa shape index (κ2) is 4.93. The van der Waals surface area contributed by atoms with E-state index in [0.29, 0.717) is 0 Å². The molecular weight excluding hydrogens is 234 g/mol. The first-order valence-electron chi connectivity index (χ1n) is 4.42. The van der Waals surface area contributed by atoms with Gasteiger partial charge in [-0.15, -0.1) is 0 Å². The number of carbonyl (C=O) groups is 2. The molecule has 6 nitrogen and oxygen atoms in total. The monoisotopic (exact) mass is 245 g/mol. The van der Waals surface area contributed by atoms with Gasteiger partial charge in [0.1, 0.15) is 16.0 Å². The average molecular weight is 245 g/mol. The number of carbonyl (C=O) groups excluding carboxylic acids is 1. The highest BCUT2D eigenvalue weighted by Crippen LogP contribution is 2.15. The van der Waals surface area contributed by atoms with Gasteiger partial charge in [0, 0.05) is 7.05 Å². The highest BCUT2D eigenvalue weighted by molar-refractivity contribution is 7.86. The van der Waals surface area contributed by atoms with E-state index in [0.717, 1.165) is 0 Å². The van der Waals surface area contributed by atoms with Gasteiger partial charge in [-0.3, -0.25) is 9.00 Å². The molecule has 0 spiro atoms. The van der Waals surface area contributed by atoms with Crippen molar-refractivity contribution in [2.75, 3.05) is 7.05 Å². The number of carboxylic acids is 1. The maximum absolute atomic E-state index is 11.7. The van der Waals surface area contributed by atoms with Crippen LogP contribution in [-0.4, -0.2) is 33.5 Å². The molecule has 88 valence electrons. The van der Waals surface area contributed by atoms with Crippen LogP contribution in [0.3, 0.4) is 0 Å². The second-order valence-electron chi connectivity index (χ2n) is 2.98. The Bertz CT molecular complexity index is 439. The molecule has 2 unspecified atom stereocenters. The van der Waals surface area contributed by atoms with Crippen LogP contribution in [0.25, 0.3) is 0 Å². The molecule has 0 radical (unpaired) electrons. The molecule has 1 rings (SSSR count). The molecule has 0 bridgehead atoms. The third-order valence-corrected chi connectivity index (χ3v) is 3.40. The van der Waals surface area contributed by atoms with E-state index in [-0.39, 0.29) is 10.9 Å². The van der Waals surface area contributed by atoms with Gasteiger partial charge in [-0.1, -0.05) is 0 Å². The van der Waals surface area contributed by atoms with Crippen molar-refractivity contribution in [1.29, 1.82) is 0 Å². The molecule has 2 atom stereocenters. The van der Waals surface area contributed by atoms with Crippen LogP contribution in [0, 0.1) is 0 Å². The Morgan fingerprint density at radius 1 is 1.50 bits per heavy atom. The first-order valence-corrected chi connectivity index (χ1v) is 5.64. The van der Waals surface area contributed by atoms with Crippen LogP contribution in [0.4, 0.5) is 0 Å². The maximum atomic E-state index is 11.7. The van der Waals surface area contributed by atoms with E-state index in [1.165, 1.54) is 26.1 Å². The van der Waals surface area contributed by atoms with Crippen molar-refractivity contribution in [3.8, 4) is 0 Å². The van der Waals surface area contributed by atoms with Crippen LogP contribution in [0.2, 0.25) is 0 Å². The maximum Gasteiger partial charge on any atom is 0.371 e. The number of hydrogen-bond acceptors (Lipinski definition) is 4. The molecule has 1 aromatic heterocycles. The Labute approximate surface area is 94.1 Å². The standard InChI is InChI=1S/C9H11NO5S/c1-5(8(11)10-2)16(14)7-4-3-6(15-7)9(12)13/h3-5H,1-2H3,(H,10,11)(H,12,13). The van der Waals surface area contributed by atoms with Gasteiger partial charge in [0.2, 0.25) is 11.7 Å². The van der Waals surface area contributed by atoms with E-state index in [4.69, 9.17) is 9.52 Å². The lowest BCUT2D eigenvalue weighted by Gasteiger charge is -2.06. The number of nitrogens with one attached hydrogen (secondary N) is 1. The number of hydrogen-bond donors (Lipinski definition) is 2. The molecule has 2 N–H and O–H groups in total. The lowest BCUT2D eigenvalue weighted by molar-refractivity contribution is -0.119. The van der Waals surface area contributed by atoms with Crippen LogP contribution < -0.4 is 5.32 Å². The van der Waals surface area contributed by atoms with E-state index in [2.05, 4.69) is 5.32 Å². The molecule has 0 aliphatic carbocycles. The summed E-state index contributed by atoms with van der Waals surface area (Å²) < 4.78 is 16.6. The minimum Gasteiger partial charge on any atom is -0.475 e. The normalized spacial score (nSPS) is 14.1. The number of amides is 1. The quantitative estimate of drug-likeness (QED) is 0.791. The molecule has 0 saturated carbocycles. The lowest BCUT2D eigenvalue weighted by Crippen LogP contribution is -2.32. The summed E-state index contributed by atoms with van der Waals surface area (Å²) in [6.45, 7) is 1.47. The van der Waals surface area contributed by atoms with Gasteiger partial charge in [0.15, 0.2) is 5.09 Å². The van der Waals surface area contributed by atoms with E-state index < -0.39 is 27.9 Å². The summed E-state index contributed by atoms with van der Waals surface area (Å²) in [5.74, 6) is -1.94. The highest BCUT2D eigenvalue weighted by atomic mass is 32.2. The summed E-state index contributed by atoms with van der Waals surface area (Å²) in [7, 11) is -0.264. The molecule has 0 fully saturated rings. The predicted molar refractivity (Wildman–Crippen MR) is 55.6 cm³/mol. The fraction of sp³-hybridized carbons (Fsp3) is 0.333. The molecule has 1 aromatic rings. The van der Waals surface area contributed by atoms with Gasteiger partial charge in [-0.05, 0) is 19.1 Å². The third-order valence-electron chi connectivity index (χ3n) is 1.93. The predicted octanol–water partition coefficient (Wildman–Crippen LogP) is 0.220. The minimum atomic E-state index is -1.70. The van der Waals surface area contributed by atoms with Crippen molar-refractivity contribution in [3.05, 3.63) is 17.9 Å². The number of carboxylic acid groups (broad SMARTS) is 1. The van der Waals surface area contributed by atoms with Crippen molar-refractivity contribution in [2.24, 2.45) is 0 Å². The largest absolute Gasteiger partial charge is 0.475 e. The second-order valence-corrected chi connectivity index (χ2v) is 4.68. The molecule has 1 amide bonds. The van der Waals surface area contributed by atoms with Gasteiger partial charge in [-0.25, -0.2) is 4.79 Å². The van der Waals surface area contributed by atoms with Crippen molar-refractivity contribution >= 4 is 22.7 Å². The molecule has 7 heteroatoms. The summed E-state index contributed by atoms with van der Waals surface area (Å²) in [6.07, 6.45) is 0. The van der Waals surface area contributed by atoms with E-state index in [1.54, 1.807) is 0 Å². The Morgan fingerprint density at radius 2 is 2.12 bits per heavy atom. The summed E-state index contributed by atoms with van der Waals surface area (Å²) in [6, 6.07) is 2.49. The average Bonchev–Trinajstić information content (AvgIpc) is 2.75. The van der Waals surface area contributed by atoms with Crippen molar-refractivity contribution < 1.29 is 23.3 Å². The highest BCUT2D eigenvalue weighted by Gasteiger charge is 2.23. The van der Waals surface area contributed by atoms with Crippen LogP contribution in [0.1, 0.15) is 17.5 Å². The SMILES string of the molecule is CNC(=O)C(C)S(=O)c1ccc(C(=O)O)o1. The number of furan rings is 1. The van der Waals surface area contributed by atoms with Crippen molar-refractivity contribution in [2.45, 2.75) is 17.3 Å². The first kappa shape index (κ1) is 12.4. The summed E-state index contributed by atoms with van der Waals surface area (Å²) >= 11 is 0. The Balaban J connectivity index is 2.88. The zero-order valence-electron chi connectivity index (χ0n) is 8.72. The van der Waals surface area contributed by atoms with Gasteiger partial charge in [0.25, 0.3) is 0 Å². The van der Waals surface area contributed by atoms with Crippen LogP contribution in [0.5, 0.6) is 0 Å². The number of aromatic carboxylic acids is 1. The van der Waals surface area contributed by atoms with Gasteiger partial charge in [-0.2, -0.15) is 0 Å². The molecular formula is C9H11NO5S. The molecule has 0 aliphatic heterocycles. The van der Waals surface area contributed by atoms with Gasteiger partial charge in [0.05, 0.1) is 0 Å². The van der Waals surface area contributed by atoms with Crippen molar-refractivity contribution in [3.63, 3.8) is 0 Å². The smallest absolute Gasteiger partial charge is 0.371 e. The van der Waals surface area contributed by atoms with Crippen LogP contribution >= 0.6 is 0 Å². The number of rotatable bonds is 4. The Hall–Kier alpha value is -1.63. The zero-order chi connectivity index (χ0) is 12.3. The topological polar surface area (TPSA) is 96.6 Å². The van der Waals surface area contributed by atoms with Crippen molar-refractivity contribution in [1.82, 2.24) is 5.32 Å². The summed E-state index contributed by atoms with van der Waals surface area (Å²) in [5.41, 5.74) is 0. The van der Waals surface area contributed by atoms with Gasteiger partial charge < -0.3 is 14.8 Å². The van der Waals surface area contributed by atoms with Crippen LogP contribution in [-0.2, 0) is 15.6 Å². The molecule has 0 saturated heterocycles. The molecule has 16 heavy (non-hydrogen) atoms. The molecule has 0 aliphatic rings. The van der Waals surface area contributed by atoms with Crippen LogP contribution in [0.15, 0.2) is 21.6 Å². The van der Waals surface area contributed by atoms with E-state index >= 15 is 0 Å². The molecule has 1 heterocycles. The van der Waals surface area contributed by atoms with E-state index in [1.807, 2.05) is 0 Å². The molecule has 0 aromatic carbocycles. The summed E-state index contributed by atoms with van der Waals surface area (Å²) in [5, 5.41) is 10.1. The summed E-state index contributed by atoms with van der Waals surface area (Å²) in [4.78, 5) is 21.7. The lowest BCUT2D eigenvalue weighted by atomic mass is 10.4. The Kier molecular flexibility index (Phi) is 3.83. The first-order chi connectivity index (χ1) is 7.47. The fourth-order valence-corrected chi connectivity index (χ4v) is 2.05. The Morgan fingerprint density at radius 3 is 2.56 bits per heavy atom. The zero-order valence-corrected chi connectivity index (χ0v) is 9.54. The fourth-order valence-electron chi connectivity index (χ4n) is 1.02. The van der Waals surface area contributed by atoms with Gasteiger partial charge >= 0.3 is 5.97 Å². The third kappa shape index (κ3) is 2.48. The van der Waals surface area contributed by atoms with E-state index in [9.17, 15) is 13.8 Å². The minimum absolute atomic E-state index is 0.0199.